The molecule has 1 aliphatic rings. The molecule has 2 rings (SSSR count). The predicted octanol–water partition coefficient (Wildman–Crippen LogP) is 2.82. The lowest BCUT2D eigenvalue weighted by atomic mass is 9.77. The van der Waals surface area contributed by atoms with Gasteiger partial charge >= 0.3 is 12.0 Å². The van der Waals surface area contributed by atoms with E-state index in [0.717, 1.165) is 16.5 Å². The molecule has 1 atom stereocenters. The SMILES string of the molecule is CC(NC(=O)NC1(C(=O)O)CCC1)c1cccc(Br)c1. The van der Waals surface area contributed by atoms with Crippen LogP contribution in [0.3, 0.4) is 0 Å². The molecule has 0 bridgehead atoms. The van der Waals surface area contributed by atoms with Crippen LogP contribution in [-0.4, -0.2) is 22.6 Å². The molecule has 1 aromatic rings. The van der Waals surface area contributed by atoms with Crippen molar-refractivity contribution in [2.75, 3.05) is 0 Å². The van der Waals surface area contributed by atoms with Crippen molar-refractivity contribution in [3.8, 4) is 0 Å². The number of hydrogen-bond donors (Lipinski definition) is 3. The van der Waals surface area contributed by atoms with Gasteiger partial charge in [0.25, 0.3) is 0 Å². The number of rotatable bonds is 4. The van der Waals surface area contributed by atoms with Crippen LogP contribution < -0.4 is 10.6 Å². The van der Waals surface area contributed by atoms with Crippen LogP contribution in [0.25, 0.3) is 0 Å². The van der Waals surface area contributed by atoms with Gasteiger partial charge in [-0.15, -0.1) is 0 Å². The third-order valence-corrected chi connectivity index (χ3v) is 4.16. The molecular formula is C14H17BrN2O3. The number of halogens is 1. The van der Waals surface area contributed by atoms with Gasteiger partial charge in [0.15, 0.2) is 0 Å². The molecule has 1 aromatic carbocycles. The van der Waals surface area contributed by atoms with E-state index in [1.54, 1.807) is 0 Å². The fourth-order valence-electron chi connectivity index (χ4n) is 2.23. The number of carboxylic acids is 1. The molecule has 0 aromatic heterocycles. The Kier molecular flexibility index (Phi) is 4.32. The van der Waals surface area contributed by atoms with Gasteiger partial charge in [-0.3, -0.25) is 0 Å². The third kappa shape index (κ3) is 3.12. The number of urea groups is 1. The Morgan fingerprint density at radius 1 is 1.40 bits per heavy atom. The first-order valence-electron chi connectivity index (χ1n) is 6.50. The molecule has 0 aliphatic heterocycles. The smallest absolute Gasteiger partial charge is 0.329 e. The van der Waals surface area contributed by atoms with Crippen LogP contribution in [0.1, 0.15) is 37.8 Å². The second kappa shape index (κ2) is 5.83. The van der Waals surface area contributed by atoms with Crippen molar-refractivity contribution in [2.45, 2.75) is 37.8 Å². The van der Waals surface area contributed by atoms with Gasteiger partial charge in [0.2, 0.25) is 0 Å². The molecule has 108 valence electrons. The van der Waals surface area contributed by atoms with Gasteiger partial charge in [0.05, 0.1) is 6.04 Å². The maximum Gasteiger partial charge on any atom is 0.329 e. The second-order valence-corrected chi connectivity index (χ2v) is 6.03. The van der Waals surface area contributed by atoms with Crippen LogP contribution in [0, 0.1) is 0 Å². The number of amides is 2. The average molecular weight is 341 g/mol. The van der Waals surface area contributed by atoms with Gasteiger partial charge in [-0.05, 0) is 43.9 Å². The number of carbonyl (C=O) groups is 2. The largest absolute Gasteiger partial charge is 0.480 e. The van der Waals surface area contributed by atoms with Crippen LogP contribution in [0.15, 0.2) is 28.7 Å². The fraction of sp³-hybridized carbons (Fsp3) is 0.429. The molecule has 3 N–H and O–H groups in total. The highest BCUT2D eigenvalue weighted by molar-refractivity contribution is 9.10. The Morgan fingerprint density at radius 3 is 2.60 bits per heavy atom. The first-order chi connectivity index (χ1) is 9.43. The zero-order valence-corrected chi connectivity index (χ0v) is 12.7. The summed E-state index contributed by atoms with van der Waals surface area (Å²) in [5.41, 5.74) is -0.131. The van der Waals surface area contributed by atoms with Crippen molar-refractivity contribution in [3.05, 3.63) is 34.3 Å². The van der Waals surface area contributed by atoms with E-state index in [1.807, 2.05) is 31.2 Å². The van der Waals surface area contributed by atoms with Gasteiger partial charge in [-0.2, -0.15) is 0 Å². The Bertz CT molecular complexity index is 529. The van der Waals surface area contributed by atoms with Crippen molar-refractivity contribution < 1.29 is 14.7 Å². The summed E-state index contributed by atoms with van der Waals surface area (Å²) < 4.78 is 0.935. The van der Waals surface area contributed by atoms with Crippen molar-refractivity contribution in [1.29, 1.82) is 0 Å². The summed E-state index contributed by atoms with van der Waals surface area (Å²) in [5, 5.41) is 14.5. The Morgan fingerprint density at radius 2 is 2.10 bits per heavy atom. The van der Waals surface area contributed by atoms with E-state index in [9.17, 15) is 14.7 Å². The first kappa shape index (κ1) is 14.8. The molecular weight excluding hydrogens is 324 g/mol. The minimum Gasteiger partial charge on any atom is -0.480 e. The maximum atomic E-state index is 11.9. The van der Waals surface area contributed by atoms with E-state index in [-0.39, 0.29) is 6.04 Å². The summed E-state index contributed by atoms with van der Waals surface area (Å²) in [6.07, 6.45) is 1.80. The highest BCUT2D eigenvalue weighted by Gasteiger charge is 2.45. The summed E-state index contributed by atoms with van der Waals surface area (Å²) in [4.78, 5) is 23.1. The van der Waals surface area contributed by atoms with Crippen LogP contribution in [0.5, 0.6) is 0 Å². The van der Waals surface area contributed by atoms with Gasteiger partial charge in [-0.1, -0.05) is 28.1 Å². The molecule has 0 spiro atoms. The molecule has 1 unspecified atom stereocenters. The summed E-state index contributed by atoms with van der Waals surface area (Å²) in [6.45, 7) is 1.86. The summed E-state index contributed by atoms with van der Waals surface area (Å²) >= 11 is 3.38. The average Bonchev–Trinajstić information content (AvgIpc) is 2.33. The Hall–Kier alpha value is -1.56. The monoisotopic (exact) mass is 340 g/mol. The lowest BCUT2D eigenvalue weighted by molar-refractivity contribution is -0.148. The zero-order valence-electron chi connectivity index (χ0n) is 11.1. The molecule has 6 heteroatoms. The third-order valence-electron chi connectivity index (χ3n) is 3.67. The molecule has 0 saturated heterocycles. The lowest BCUT2D eigenvalue weighted by Gasteiger charge is -2.38. The van der Waals surface area contributed by atoms with E-state index in [1.165, 1.54) is 0 Å². The fourth-order valence-corrected chi connectivity index (χ4v) is 2.65. The van der Waals surface area contributed by atoms with Crippen LogP contribution in [0.2, 0.25) is 0 Å². The normalized spacial score (nSPS) is 17.7. The topological polar surface area (TPSA) is 78.4 Å². The Balaban J connectivity index is 1.96. The molecule has 0 heterocycles. The number of hydrogen-bond acceptors (Lipinski definition) is 2. The lowest BCUT2D eigenvalue weighted by Crippen LogP contribution is -2.61. The standard InChI is InChI=1S/C14H17BrN2O3/c1-9(10-4-2-5-11(15)8-10)16-13(20)17-14(12(18)19)6-3-7-14/h2,4-5,8-9H,3,6-7H2,1H3,(H,18,19)(H2,16,17,20). The maximum absolute atomic E-state index is 11.9. The molecule has 2 amide bonds. The first-order valence-corrected chi connectivity index (χ1v) is 7.30. The second-order valence-electron chi connectivity index (χ2n) is 5.12. The highest BCUT2D eigenvalue weighted by Crippen LogP contribution is 2.32. The van der Waals surface area contributed by atoms with Gasteiger partial charge in [0, 0.05) is 4.47 Å². The van der Waals surface area contributed by atoms with Crippen molar-refractivity contribution >= 4 is 27.9 Å². The minimum atomic E-state index is -1.08. The molecule has 0 radical (unpaired) electrons. The summed E-state index contributed by atoms with van der Waals surface area (Å²) in [7, 11) is 0. The van der Waals surface area contributed by atoms with Crippen LogP contribution in [0.4, 0.5) is 4.79 Å². The van der Waals surface area contributed by atoms with Gasteiger partial charge in [0.1, 0.15) is 5.54 Å². The summed E-state index contributed by atoms with van der Waals surface area (Å²) in [5.74, 6) is -0.964. The molecule has 1 saturated carbocycles. The van der Waals surface area contributed by atoms with E-state index in [0.29, 0.717) is 12.8 Å². The van der Waals surface area contributed by atoms with E-state index < -0.39 is 17.5 Å². The van der Waals surface area contributed by atoms with Gasteiger partial charge < -0.3 is 15.7 Å². The van der Waals surface area contributed by atoms with Crippen molar-refractivity contribution in [1.82, 2.24) is 10.6 Å². The van der Waals surface area contributed by atoms with E-state index in [4.69, 9.17) is 0 Å². The number of benzene rings is 1. The number of carboxylic acid groups (broad SMARTS) is 1. The predicted molar refractivity (Wildman–Crippen MR) is 78.4 cm³/mol. The molecule has 1 aliphatic carbocycles. The Labute approximate surface area is 125 Å². The van der Waals surface area contributed by atoms with Crippen LogP contribution >= 0.6 is 15.9 Å². The number of aliphatic carboxylic acids is 1. The summed E-state index contributed by atoms with van der Waals surface area (Å²) in [6, 6.07) is 6.98. The number of carbonyl (C=O) groups excluding carboxylic acids is 1. The highest BCUT2D eigenvalue weighted by atomic mass is 79.9. The van der Waals surface area contributed by atoms with Crippen molar-refractivity contribution in [2.24, 2.45) is 0 Å². The van der Waals surface area contributed by atoms with E-state index in [2.05, 4.69) is 26.6 Å². The minimum absolute atomic E-state index is 0.196. The van der Waals surface area contributed by atoms with Crippen molar-refractivity contribution in [3.63, 3.8) is 0 Å². The number of nitrogens with one attached hydrogen (secondary N) is 2. The van der Waals surface area contributed by atoms with Crippen LogP contribution in [-0.2, 0) is 4.79 Å². The quantitative estimate of drug-likeness (QED) is 0.788. The molecule has 1 fully saturated rings. The zero-order chi connectivity index (χ0) is 14.8. The molecule has 20 heavy (non-hydrogen) atoms. The van der Waals surface area contributed by atoms with Gasteiger partial charge in [-0.25, -0.2) is 9.59 Å². The van der Waals surface area contributed by atoms with E-state index >= 15 is 0 Å². The molecule has 5 nitrogen and oxygen atoms in total.